The van der Waals surface area contributed by atoms with Crippen molar-refractivity contribution in [1.29, 1.82) is 0 Å². The molecule has 0 aromatic rings. The van der Waals surface area contributed by atoms with Crippen molar-refractivity contribution in [1.82, 2.24) is 0 Å². The fourth-order valence-corrected chi connectivity index (χ4v) is 2.60. The smallest absolute Gasteiger partial charge is 0.790 e. The molecule has 0 saturated heterocycles. The zero-order valence-corrected chi connectivity index (χ0v) is 21.7. The quantitative estimate of drug-likeness (QED) is 0.108. The molecule has 10 nitrogen and oxygen atoms in total. The molecule has 27 heavy (non-hydrogen) atoms. The van der Waals surface area contributed by atoms with Crippen molar-refractivity contribution < 1.29 is 107 Å². The molecular formula is C14H23Na2O10P. The van der Waals surface area contributed by atoms with Crippen LogP contribution in [-0.2, 0) is 37.7 Å². The maximum atomic E-state index is 12.2. The molecule has 0 rings (SSSR count). The number of hydrogen-bond acceptors (Lipinski definition) is 10. The Hall–Kier alpha value is 0.520. The van der Waals surface area contributed by atoms with E-state index in [4.69, 9.17) is 9.47 Å². The number of carbonyl (C=O) groups excluding carboxylic acids is 3. The molecule has 0 radical (unpaired) electrons. The van der Waals surface area contributed by atoms with E-state index >= 15 is 0 Å². The van der Waals surface area contributed by atoms with Gasteiger partial charge in [-0.3, -0.25) is 14.4 Å². The van der Waals surface area contributed by atoms with Gasteiger partial charge in [-0.1, -0.05) is 6.92 Å². The molecule has 0 aliphatic carbocycles. The molecule has 0 amide bonds. The third kappa shape index (κ3) is 11.3. The summed E-state index contributed by atoms with van der Waals surface area (Å²) in [6, 6.07) is 0. The standard InChI is InChI=1S/C14H25O10P.2Na/c1-6-22-12(16)10(14(3,4)13(17)21-5)9(2)11(15)23-7-8-24-25(18,19)20;;/h9-10H,6-8H2,1-5H3,(H2,18,19,20);;/q;2*+1/p-2. The van der Waals surface area contributed by atoms with Gasteiger partial charge in [-0.05, 0) is 20.8 Å². The fourth-order valence-electron chi connectivity index (χ4n) is 2.30. The van der Waals surface area contributed by atoms with E-state index in [1.807, 2.05) is 0 Å². The molecule has 0 aliphatic heterocycles. The Labute approximate surface area is 202 Å². The van der Waals surface area contributed by atoms with Gasteiger partial charge in [-0.25, -0.2) is 0 Å². The van der Waals surface area contributed by atoms with Crippen molar-refractivity contribution in [2.75, 3.05) is 26.9 Å². The maximum Gasteiger partial charge on any atom is 1.00 e. The van der Waals surface area contributed by atoms with Gasteiger partial charge in [0, 0.05) is 0 Å². The summed E-state index contributed by atoms with van der Waals surface area (Å²) in [5.41, 5.74) is -1.38. The van der Waals surface area contributed by atoms with Gasteiger partial charge < -0.3 is 33.1 Å². The molecule has 0 aromatic carbocycles. The summed E-state index contributed by atoms with van der Waals surface area (Å²) in [6.07, 6.45) is 0. The minimum atomic E-state index is -5.16. The predicted molar refractivity (Wildman–Crippen MR) is 79.6 cm³/mol. The molecule has 0 spiro atoms. The summed E-state index contributed by atoms with van der Waals surface area (Å²) in [6.45, 7) is 4.69. The molecule has 146 valence electrons. The first-order valence-electron chi connectivity index (χ1n) is 7.46. The van der Waals surface area contributed by atoms with Crippen molar-refractivity contribution in [3.63, 3.8) is 0 Å². The minimum Gasteiger partial charge on any atom is -0.790 e. The Morgan fingerprint density at radius 1 is 1.04 bits per heavy atom. The average molecular weight is 428 g/mol. The van der Waals surface area contributed by atoms with Crippen molar-refractivity contribution >= 4 is 25.7 Å². The van der Waals surface area contributed by atoms with Crippen LogP contribution in [-0.4, -0.2) is 44.8 Å². The second-order valence-corrected chi connectivity index (χ2v) is 6.83. The van der Waals surface area contributed by atoms with E-state index in [1.165, 1.54) is 20.8 Å². The summed E-state index contributed by atoms with van der Waals surface area (Å²) < 4.78 is 28.6. The molecule has 0 heterocycles. The van der Waals surface area contributed by atoms with E-state index in [0.29, 0.717) is 0 Å². The monoisotopic (exact) mass is 428 g/mol. The second kappa shape index (κ2) is 14.5. The van der Waals surface area contributed by atoms with Crippen molar-refractivity contribution in [3.8, 4) is 0 Å². The number of methoxy groups -OCH3 is 1. The van der Waals surface area contributed by atoms with Crippen LogP contribution >= 0.6 is 7.82 Å². The van der Waals surface area contributed by atoms with Crippen LogP contribution in [0.15, 0.2) is 0 Å². The van der Waals surface area contributed by atoms with Gasteiger partial charge in [0.1, 0.15) is 6.61 Å². The normalized spacial score (nSPS) is 13.3. The summed E-state index contributed by atoms with van der Waals surface area (Å²) in [4.78, 5) is 57.0. The Morgan fingerprint density at radius 2 is 1.56 bits per heavy atom. The number of rotatable bonds is 10. The first kappa shape index (κ1) is 32.2. The second-order valence-electron chi connectivity index (χ2n) is 5.68. The molecule has 0 fully saturated rings. The third-order valence-electron chi connectivity index (χ3n) is 3.48. The van der Waals surface area contributed by atoms with Gasteiger partial charge in [0.25, 0.3) is 0 Å². The zero-order chi connectivity index (χ0) is 19.8. The SMILES string of the molecule is CCOC(=O)C(C(C)C(=O)OCCOP(=O)([O-])[O-])C(C)(C)C(=O)OC.[Na+].[Na+]. The van der Waals surface area contributed by atoms with Crippen LogP contribution in [0.5, 0.6) is 0 Å². The van der Waals surface area contributed by atoms with Gasteiger partial charge >= 0.3 is 77.0 Å². The topological polar surface area (TPSA) is 151 Å². The minimum absolute atomic E-state index is 0. The van der Waals surface area contributed by atoms with Gasteiger partial charge in [-0.2, -0.15) is 0 Å². The molecule has 2 unspecified atom stereocenters. The summed E-state index contributed by atoms with van der Waals surface area (Å²) >= 11 is 0. The summed E-state index contributed by atoms with van der Waals surface area (Å²) in [7, 11) is -4.01. The van der Waals surface area contributed by atoms with Crippen LogP contribution in [0.4, 0.5) is 0 Å². The van der Waals surface area contributed by atoms with Gasteiger partial charge in [0.05, 0.1) is 45.4 Å². The third-order valence-corrected chi connectivity index (χ3v) is 3.98. The van der Waals surface area contributed by atoms with Crippen molar-refractivity contribution in [3.05, 3.63) is 0 Å². The van der Waals surface area contributed by atoms with Crippen LogP contribution in [0.3, 0.4) is 0 Å². The molecule has 0 aliphatic rings. The number of phosphoric acid groups is 1. The molecule has 13 heteroatoms. The van der Waals surface area contributed by atoms with E-state index in [9.17, 15) is 28.7 Å². The number of esters is 3. The average Bonchev–Trinajstić information content (AvgIpc) is 2.49. The first-order valence-corrected chi connectivity index (χ1v) is 8.92. The van der Waals surface area contributed by atoms with E-state index in [0.717, 1.165) is 7.11 Å². The summed E-state index contributed by atoms with van der Waals surface area (Å²) in [5, 5.41) is 0. The van der Waals surface area contributed by atoms with E-state index < -0.39 is 56.2 Å². The van der Waals surface area contributed by atoms with Crippen LogP contribution < -0.4 is 68.9 Å². The summed E-state index contributed by atoms with van der Waals surface area (Å²) in [5.74, 6) is -4.67. The Bertz CT molecular complexity index is 534. The molecule has 0 N–H and O–H groups in total. The molecule has 0 aromatic heterocycles. The van der Waals surface area contributed by atoms with Crippen LogP contribution in [0, 0.1) is 17.3 Å². The Morgan fingerprint density at radius 3 is 1.96 bits per heavy atom. The van der Waals surface area contributed by atoms with E-state index in [-0.39, 0.29) is 65.7 Å². The van der Waals surface area contributed by atoms with Gasteiger partial charge in [0.15, 0.2) is 0 Å². The molecule has 2 atom stereocenters. The maximum absolute atomic E-state index is 12.2. The number of ether oxygens (including phenoxy) is 3. The number of phosphoric ester groups is 1. The molecular weight excluding hydrogens is 405 g/mol. The number of hydrogen-bond donors (Lipinski definition) is 0. The van der Waals surface area contributed by atoms with E-state index in [2.05, 4.69) is 9.26 Å². The van der Waals surface area contributed by atoms with Crippen LogP contribution in [0.2, 0.25) is 0 Å². The first-order chi connectivity index (χ1) is 11.4. The predicted octanol–water partition coefficient (Wildman–Crippen LogP) is -6.60. The Balaban J connectivity index is -0.00000288. The largest absolute Gasteiger partial charge is 1.00 e. The Kier molecular flexibility index (Phi) is 17.3. The van der Waals surface area contributed by atoms with Crippen molar-refractivity contribution in [2.24, 2.45) is 17.3 Å². The number of carbonyl (C=O) groups is 3. The molecule has 0 bridgehead atoms. The van der Waals surface area contributed by atoms with Gasteiger partial charge in [0.2, 0.25) is 0 Å². The molecule has 0 saturated carbocycles. The van der Waals surface area contributed by atoms with E-state index in [1.54, 1.807) is 6.92 Å². The fraction of sp³-hybridized carbons (Fsp3) is 0.786. The zero-order valence-electron chi connectivity index (χ0n) is 16.8. The van der Waals surface area contributed by atoms with Gasteiger partial charge in [-0.15, -0.1) is 0 Å². The van der Waals surface area contributed by atoms with Crippen LogP contribution in [0.25, 0.3) is 0 Å². The van der Waals surface area contributed by atoms with Crippen LogP contribution in [0.1, 0.15) is 27.7 Å². The van der Waals surface area contributed by atoms with Crippen molar-refractivity contribution in [2.45, 2.75) is 27.7 Å².